The van der Waals surface area contributed by atoms with Gasteiger partial charge in [0.15, 0.2) is 0 Å². The minimum atomic E-state index is -3.93. The van der Waals surface area contributed by atoms with Gasteiger partial charge in [-0.1, -0.05) is 47.5 Å². The number of esters is 2. The van der Waals surface area contributed by atoms with E-state index in [-0.39, 0.29) is 17.3 Å². The predicted octanol–water partition coefficient (Wildman–Crippen LogP) is 5.58. The Balaban J connectivity index is 1.50. The van der Waals surface area contributed by atoms with E-state index in [0.717, 1.165) is 33.8 Å². The van der Waals surface area contributed by atoms with Gasteiger partial charge in [0.05, 0.1) is 29.4 Å². The van der Waals surface area contributed by atoms with Gasteiger partial charge in [0.2, 0.25) is 16.8 Å². The maximum absolute atomic E-state index is 14.9. The van der Waals surface area contributed by atoms with E-state index in [1.807, 2.05) is 24.3 Å². The molecule has 252 valence electrons. The summed E-state index contributed by atoms with van der Waals surface area (Å²) >= 11 is 12.3. The fourth-order valence-corrected chi connectivity index (χ4v) is 6.49. The number of benzene rings is 3. The van der Waals surface area contributed by atoms with Crippen LogP contribution < -0.4 is 9.62 Å². The summed E-state index contributed by atoms with van der Waals surface area (Å²) in [5.41, 5.74) is 0.829. The molecule has 1 aliphatic rings. The lowest BCUT2D eigenvalue weighted by atomic mass is 9.93. The molecule has 1 N–H and O–H groups in total. The van der Waals surface area contributed by atoms with Crippen LogP contribution in [-0.2, 0) is 29.1 Å². The average Bonchev–Trinajstić information content (AvgIpc) is 2.96. The molecule has 0 aromatic heterocycles. The zero-order valence-electron chi connectivity index (χ0n) is 26.5. The number of hydrogen-bond donors (Lipinski definition) is 1. The quantitative estimate of drug-likeness (QED) is 0.203. The first-order chi connectivity index (χ1) is 21.9. The van der Waals surface area contributed by atoms with Crippen LogP contribution in [0.3, 0.4) is 0 Å². The molecule has 0 saturated carbocycles. The zero-order chi connectivity index (χ0) is 34.7. The molecule has 1 atom stereocenters. The Morgan fingerprint density at radius 3 is 1.98 bits per heavy atom. The van der Waals surface area contributed by atoms with Crippen molar-refractivity contribution in [1.29, 1.82) is 0 Å². The molecule has 0 bridgehead atoms. The number of carbonyl (C=O) groups excluding carboxylic acids is 3. The van der Waals surface area contributed by atoms with Crippen molar-refractivity contribution in [1.82, 2.24) is 10.2 Å². The lowest BCUT2D eigenvalue weighted by Crippen LogP contribution is -2.61. The fraction of sp³-hybridized carbons (Fsp3) is 0.364. The molecule has 1 amide bonds. The number of nitrogens with one attached hydrogen (secondary N) is 1. The van der Waals surface area contributed by atoms with Crippen molar-refractivity contribution in [3.63, 3.8) is 0 Å². The lowest BCUT2D eigenvalue weighted by molar-refractivity contribution is -0.174. The van der Waals surface area contributed by atoms with Gasteiger partial charge in [0.25, 0.3) is 5.91 Å². The van der Waals surface area contributed by atoms with E-state index in [2.05, 4.69) is 10.2 Å². The smallest absolute Gasteiger partial charge is 0.331 e. The van der Waals surface area contributed by atoms with E-state index in [0.29, 0.717) is 23.1 Å². The molecule has 0 aliphatic carbocycles. The maximum atomic E-state index is 14.9. The molecule has 1 saturated heterocycles. The Bertz CT molecular complexity index is 1680. The first kappa shape index (κ1) is 36.1. The highest BCUT2D eigenvalue weighted by molar-refractivity contribution is 7.92. The van der Waals surface area contributed by atoms with E-state index in [1.165, 1.54) is 13.0 Å². The fourth-order valence-electron chi connectivity index (χ4n) is 5.08. The lowest BCUT2D eigenvalue weighted by Gasteiger charge is -2.48. The summed E-state index contributed by atoms with van der Waals surface area (Å²) in [4.78, 5) is 39.4. The van der Waals surface area contributed by atoms with Crippen LogP contribution in [0.5, 0.6) is 0 Å². The zero-order valence-corrected chi connectivity index (χ0v) is 28.8. The van der Waals surface area contributed by atoms with Crippen LogP contribution in [0, 0.1) is 11.2 Å². The number of anilines is 1. The van der Waals surface area contributed by atoms with Crippen molar-refractivity contribution < 1.29 is 36.7 Å². The number of halogens is 3. The van der Waals surface area contributed by atoms with Gasteiger partial charge in [0.1, 0.15) is 11.9 Å². The van der Waals surface area contributed by atoms with Gasteiger partial charge in [-0.3, -0.25) is 18.8 Å². The number of carbonyl (C=O) groups is 3. The molecule has 1 aliphatic heterocycles. The van der Waals surface area contributed by atoms with E-state index in [1.54, 1.807) is 45.0 Å². The standard InChI is InChI=1S/C33H36Cl2FN3O7S/c1-20(31(41)45-19-46-32(42)33(2,3)4)37-30(40)23-14-26(36)16-27(15-23)39(47(5,43)44)28-17-38(18-28)29(21-6-10-24(34)11-7-21)22-8-12-25(35)13-9-22/h6-16,20,28-29H,17-19H2,1-5H3,(H,37,40)/t20-/m0/s1. The summed E-state index contributed by atoms with van der Waals surface area (Å²) in [6.45, 7) is 6.21. The van der Waals surface area contributed by atoms with Gasteiger partial charge in [0, 0.05) is 28.7 Å². The van der Waals surface area contributed by atoms with Crippen LogP contribution >= 0.6 is 23.2 Å². The molecule has 0 spiro atoms. The number of amides is 1. The molecule has 3 aromatic rings. The van der Waals surface area contributed by atoms with Gasteiger partial charge in [-0.25, -0.2) is 17.6 Å². The van der Waals surface area contributed by atoms with Gasteiger partial charge in [-0.2, -0.15) is 0 Å². The van der Waals surface area contributed by atoms with Crippen molar-refractivity contribution in [2.24, 2.45) is 5.41 Å². The van der Waals surface area contributed by atoms with Crippen molar-refractivity contribution in [2.75, 3.05) is 30.4 Å². The second-order valence-electron chi connectivity index (χ2n) is 12.3. The first-order valence-electron chi connectivity index (χ1n) is 14.6. The number of nitrogens with zero attached hydrogens (tertiary/aromatic N) is 2. The summed E-state index contributed by atoms with van der Waals surface area (Å²) in [7, 11) is -3.93. The molecular weight excluding hydrogens is 672 g/mol. The summed E-state index contributed by atoms with van der Waals surface area (Å²) < 4.78 is 52.0. The summed E-state index contributed by atoms with van der Waals surface area (Å²) in [5, 5.41) is 3.56. The van der Waals surface area contributed by atoms with Gasteiger partial charge < -0.3 is 14.8 Å². The third-order valence-corrected chi connectivity index (χ3v) is 9.15. The van der Waals surface area contributed by atoms with Gasteiger partial charge >= 0.3 is 11.9 Å². The molecule has 0 unspecified atom stereocenters. The number of ether oxygens (including phenoxy) is 2. The molecule has 0 radical (unpaired) electrons. The van der Waals surface area contributed by atoms with Crippen LogP contribution in [0.4, 0.5) is 10.1 Å². The Morgan fingerprint density at radius 2 is 1.49 bits per heavy atom. The van der Waals surface area contributed by atoms with Crippen molar-refractivity contribution in [2.45, 2.75) is 45.8 Å². The number of sulfonamides is 1. The normalized spacial score (nSPS) is 14.7. The third kappa shape index (κ3) is 9.22. The highest BCUT2D eigenvalue weighted by Crippen LogP contribution is 2.37. The minimum absolute atomic E-state index is 0.0406. The minimum Gasteiger partial charge on any atom is -0.427 e. The SMILES string of the molecule is C[C@H](NC(=O)c1cc(F)cc(N(C2CN(C(c3ccc(Cl)cc3)c3ccc(Cl)cc3)C2)S(C)(=O)=O)c1)C(=O)OCOC(=O)C(C)(C)C. The summed E-state index contributed by atoms with van der Waals surface area (Å²) in [6, 6.07) is 15.9. The van der Waals surface area contributed by atoms with E-state index in [4.69, 9.17) is 32.7 Å². The largest absolute Gasteiger partial charge is 0.427 e. The molecule has 4 rings (SSSR count). The predicted molar refractivity (Wildman–Crippen MR) is 177 cm³/mol. The second-order valence-corrected chi connectivity index (χ2v) is 15.1. The number of hydrogen-bond acceptors (Lipinski definition) is 8. The van der Waals surface area contributed by atoms with E-state index in [9.17, 15) is 27.2 Å². The summed E-state index contributed by atoms with van der Waals surface area (Å²) in [6.07, 6.45) is 1.01. The van der Waals surface area contributed by atoms with Crippen LogP contribution in [0.1, 0.15) is 55.2 Å². The van der Waals surface area contributed by atoms with Crippen molar-refractivity contribution >= 4 is 56.8 Å². The van der Waals surface area contributed by atoms with Crippen LogP contribution in [0.2, 0.25) is 10.0 Å². The first-order valence-corrected chi connectivity index (χ1v) is 17.2. The molecule has 3 aromatic carbocycles. The number of rotatable bonds is 11. The van der Waals surface area contributed by atoms with Crippen LogP contribution in [0.15, 0.2) is 66.7 Å². The van der Waals surface area contributed by atoms with Crippen LogP contribution in [-0.4, -0.2) is 69.4 Å². The molecule has 14 heteroatoms. The Morgan fingerprint density at radius 1 is 0.957 bits per heavy atom. The molecule has 10 nitrogen and oxygen atoms in total. The second kappa shape index (κ2) is 14.6. The Labute approximate surface area is 283 Å². The van der Waals surface area contributed by atoms with E-state index >= 15 is 0 Å². The molecular formula is C33H36Cl2FN3O7S. The Kier molecular flexibility index (Phi) is 11.2. The van der Waals surface area contributed by atoms with Crippen LogP contribution in [0.25, 0.3) is 0 Å². The highest BCUT2D eigenvalue weighted by atomic mass is 35.5. The van der Waals surface area contributed by atoms with Crippen molar-refractivity contribution in [3.05, 3.63) is 99.3 Å². The van der Waals surface area contributed by atoms with Gasteiger partial charge in [-0.15, -0.1) is 0 Å². The average molecular weight is 709 g/mol. The Hall–Kier alpha value is -3.71. The maximum Gasteiger partial charge on any atom is 0.331 e. The van der Waals surface area contributed by atoms with Gasteiger partial charge in [-0.05, 0) is 81.3 Å². The topological polar surface area (TPSA) is 122 Å². The van der Waals surface area contributed by atoms with Crippen molar-refractivity contribution in [3.8, 4) is 0 Å². The summed E-state index contributed by atoms with van der Waals surface area (Å²) in [5.74, 6) is -3.15. The molecule has 1 heterocycles. The highest BCUT2D eigenvalue weighted by Gasteiger charge is 2.41. The van der Waals surface area contributed by atoms with E-state index < -0.39 is 58.0 Å². The monoisotopic (exact) mass is 707 g/mol. The third-order valence-electron chi connectivity index (χ3n) is 7.42. The molecule has 1 fully saturated rings. The molecule has 47 heavy (non-hydrogen) atoms. The number of likely N-dealkylation sites (tertiary alicyclic amines) is 1.